The van der Waals surface area contributed by atoms with Gasteiger partial charge in [-0.05, 0) is 6.42 Å². The number of carbonyl (C=O) groups is 6. The van der Waals surface area contributed by atoms with Crippen molar-refractivity contribution in [1.82, 2.24) is 16.0 Å². The zero-order valence-corrected chi connectivity index (χ0v) is 17.4. The number of thiol groups is 2. The maximum Gasteiger partial charge on any atom is 0.327 e. The normalized spacial score (nSPS) is 14.5. The van der Waals surface area contributed by atoms with E-state index >= 15 is 0 Å². The van der Waals surface area contributed by atoms with Crippen molar-refractivity contribution in [3.63, 3.8) is 0 Å². The van der Waals surface area contributed by atoms with Gasteiger partial charge in [-0.2, -0.15) is 25.3 Å². The summed E-state index contributed by atoms with van der Waals surface area (Å²) in [5.41, 5.74) is 5.28. The van der Waals surface area contributed by atoms with Crippen molar-refractivity contribution in [3.8, 4) is 0 Å². The summed E-state index contributed by atoms with van der Waals surface area (Å²) in [4.78, 5) is 69.1. The third-order valence-corrected chi connectivity index (χ3v) is 4.37. The Bertz CT molecular complexity index is 676. The number of nitrogens with two attached hydrogens (primary N) is 1. The zero-order chi connectivity index (χ0) is 23.4. The van der Waals surface area contributed by atoms with Crippen LogP contribution in [-0.4, -0.2) is 86.6 Å². The molecule has 0 aliphatic rings. The Morgan fingerprint density at radius 2 is 1.27 bits per heavy atom. The number of nitrogens with one attached hydrogen (secondary N) is 3. The van der Waals surface area contributed by atoms with Crippen LogP contribution in [0.3, 0.4) is 0 Å². The molecule has 30 heavy (non-hydrogen) atoms. The van der Waals surface area contributed by atoms with Gasteiger partial charge in [-0.3, -0.25) is 24.0 Å². The summed E-state index contributed by atoms with van der Waals surface area (Å²) in [7, 11) is 0. The van der Waals surface area contributed by atoms with Crippen molar-refractivity contribution in [3.05, 3.63) is 0 Å². The number of carbonyl (C=O) groups excluding carboxylic acids is 3. The maximum absolute atomic E-state index is 12.3. The Hall–Kier alpha value is -2.52. The molecule has 0 radical (unpaired) electrons. The Morgan fingerprint density at radius 1 is 0.767 bits per heavy atom. The average molecular weight is 469 g/mol. The molecule has 170 valence electrons. The van der Waals surface area contributed by atoms with Gasteiger partial charge in [0, 0.05) is 17.9 Å². The second kappa shape index (κ2) is 13.7. The Balaban J connectivity index is 5.06. The first-order chi connectivity index (χ1) is 13.9. The second-order valence-electron chi connectivity index (χ2n) is 6.03. The highest BCUT2D eigenvalue weighted by atomic mass is 32.1. The number of carboxylic acids is 3. The lowest BCUT2D eigenvalue weighted by Gasteiger charge is -2.22. The average Bonchev–Trinajstić information content (AvgIpc) is 2.66. The summed E-state index contributed by atoms with van der Waals surface area (Å²) >= 11 is 7.68. The minimum absolute atomic E-state index is 0.188. The monoisotopic (exact) mass is 468 g/mol. The van der Waals surface area contributed by atoms with Crippen LogP contribution in [0.4, 0.5) is 0 Å². The quantitative estimate of drug-likeness (QED) is 0.118. The third-order valence-electron chi connectivity index (χ3n) is 3.64. The van der Waals surface area contributed by atoms with Gasteiger partial charge in [0.05, 0.1) is 6.42 Å². The van der Waals surface area contributed by atoms with E-state index in [1.165, 1.54) is 0 Å². The van der Waals surface area contributed by atoms with Crippen molar-refractivity contribution in [2.24, 2.45) is 5.73 Å². The summed E-state index contributed by atoms with van der Waals surface area (Å²) in [6.45, 7) is 0. The molecule has 0 aromatic heterocycles. The molecule has 0 saturated carbocycles. The molecule has 0 fully saturated rings. The first-order valence-corrected chi connectivity index (χ1v) is 9.74. The van der Waals surface area contributed by atoms with E-state index < -0.39 is 66.2 Å². The lowest BCUT2D eigenvalue weighted by molar-refractivity contribution is -0.143. The van der Waals surface area contributed by atoms with Gasteiger partial charge in [-0.25, -0.2) is 4.79 Å². The van der Waals surface area contributed by atoms with E-state index in [4.69, 9.17) is 21.1 Å². The molecule has 0 rings (SSSR count). The zero-order valence-electron chi connectivity index (χ0n) is 15.6. The first kappa shape index (κ1) is 27.5. The van der Waals surface area contributed by atoms with E-state index in [2.05, 4.69) is 35.9 Å². The van der Waals surface area contributed by atoms with Crippen LogP contribution in [-0.2, 0) is 28.8 Å². The molecule has 8 N–H and O–H groups in total. The van der Waals surface area contributed by atoms with E-state index in [-0.39, 0.29) is 24.3 Å². The summed E-state index contributed by atoms with van der Waals surface area (Å²) in [6, 6.07) is -5.58. The highest BCUT2D eigenvalue weighted by molar-refractivity contribution is 7.80. The van der Waals surface area contributed by atoms with Crippen molar-refractivity contribution >= 4 is 60.9 Å². The first-order valence-electron chi connectivity index (χ1n) is 8.47. The van der Waals surface area contributed by atoms with Crippen LogP contribution in [0.15, 0.2) is 0 Å². The summed E-state index contributed by atoms with van der Waals surface area (Å²) in [5, 5.41) is 33.0. The summed E-state index contributed by atoms with van der Waals surface area (Å²) < 4.78 is 0. The van der Waals surface area contributed by atoms with Gasteiger partial charge in [0.15, 0.2) is 0 Å². The van der Waals surface area contributed by atoms with Crippen LogP contribution in [0.25, 0.3) is 0 Å². The summed E-state index contributed by atoms with van der Waals surface area (Å²) in [6.07, 6.45) is -1.34. The minimum atomic E-state index is -1.63. The fraction of sp³-hybridized carbons (Fsp3) is 0.600. The van der Waals surface area contributed by atoms with Crippen molar-refractivity contribution < 1.29 is 44.1 Å². The molecule has 0 bridgehead atoms. The summed E-state index contributed by atoms with van der Waals surface area (Å²) in [5.74, 6) is -7.36. The lowest BCUT2D eigenvalue weighted by Crippen LogP contribution is -2.57. The molecule has 0 aromatic rings. The van der Waals surface area contributed by atoms with Crippen molar-refractivity contribution in [2.45, 2.75) is 43.4 Å². The molecule has 4 atom stereocenters. The molecular formula is C15H24N4O9S2. The fourth-order valence-electron chi connectivity index (χ4n) is 1.98. The molecular weight excluding hydrogens is 444 g/mol. The van der Waals surface area contributed by atoms with Gasteiger partial charge >= 0.3 is 17.9 Å². The topological polar surface area (TPSA) is 225 Å². The minimum Gasteiger partial charge on any atom is -0.481 e. The van der Waals surface area contributed by atoms with Gasteiger partial charge in [-0.1, -0.05) is 0 Å². The molecule has 0 saturated heterocycles. The van der Waals surface area contributed by atoms with Crippen LogP contribution >= 0.6 is 25.3 Å². The number of hydrogen-bond donors (Lipinski definition) is 9. The van der Waals surface area contributed by atoms with Crippen LogP contribution in [0.2, 0.25) is 0 Å². The molecule has 0 aromatic carbocycles. The number of rotatable bonds is 14. The lowest BCUT2D eigenvalue weighted by atomic mass is 10.1. The van der Waals surface area contributed by atoms with Gasteiger partial charge in [-0.15, -0.1) is 0 Å². The van der Waals surface area contributed by atoms with Crippen LogP contribution in [0, 0.1) is 0 Å². The van der Waals surface area contributed by atoms with Crippen molar-refractivity contribution in [2.75, 3.05) is 11.5 Å². The van der Waals surface area contributed by atoms with E-state index in [9.17, 15) is 28.8 Å². The second-order valence-corrected chi connectivity index (χ2v) is 6.76. The van der Waals surface area contributed by atoms with E-state index in [0.717, 1.165) is 0 Å². The van der Waals surface area contributed by atoms with E-state index in [1.54, 1.807) is 0 Å². The molecule has 13 nitrogen and oxygen atoms in total. The van der Waals surface area contributed by atoms with Gasteiger partial charge in [0.2, 0.25) is 17.7 Å². The molecule has 3 amide bonds. The number of hydrogen-bond acceptors (Lipinski definition) is 9. The molecule has 0 spiro atoms. The van der Waals surface area contributed by atoms with Crippen LogP contribution in [0.5, 0.6) is 0 Å². The Morgan fingerprint density at radius 3 is 1.70 bits per heavy atom. The molecule has 0 heterocycles. The molecule has 0 unspecified atom stereocenters. The Labute approximate surface area is 181 Å². The van der Waals surface area contributed by atoms with Crippen molar-refractivity contribution in [1.29, 1.82) is 0 Å². The van der Waals surface area contributed by atoms with Gasteiger partial charge < -0.3 is 37.0 Å². The predicted octanol–water partition coefficient (Wildman–Crippen LogP) is -2.95. The number of carboxylic acid groups (broad SMARTS) is 3. The van der Waals surface area contributed by atoms with Crippen LogP contribution < -0.4 is 21.7 Å². The number of amides is 3. The smallest absolute Gasteiger partial charge is 0.327 e. The predicted molar refractivity (Wildman–Crippen MR) is 108 cm³/mol. The SMILES string of the molecule is N[C@@H](CCC(=O)N[C@@H](CS)C(=O)N[C@@H](CC(=O)O)C(=O)N[C@@H](CS)C(=O)O)C(=O)O. The van der Waals surface area contributed by atoms with E-state index in [1.807, 2.05) is 5.32 Å². The third kappa shape index (κ3) is 10.3. The highest BCUT2D eigenvalue weighted by Gasteiger charge is 2.30. The highest BCUT2D eigenvalue weighted by Crippen LogP contribution is 2.01. The van der Waals surface area contributed by atoms with Gasteiger partial charge in [0.25, 0.3) is 0 Å². The molecule has 15 heteroatoms. The van der Waals surface area contributed by atoms with Crippen LogP contribution in [0.1, 0.15) is 19.3 Å². The largest absolute Gasteiger partial charge is 0.481 e. The van der Waals surface area contributed by atoms with Gasteiger partial charge in [0.1, 0.15) is 24.2 Å². The van der Waals surface area contributed by atoms with E-state index in [0.29, 0.717) is 0 Å². The molecule has 0 aliphatic carbocycles. The fourth-order valence-corrected chi connectivity index (χ4v) is 2.49. The molecule has 0 aliphatic heterocycles. The standard InChI is InChI=1S/C15H24N4O9S2/c16-6(14(25)26)1-2-10(20)17-8(4-29)13(24)18-7(3-11(21)22)12(23)19-9(5-30)15(27)28/h6-9,29-30H,1-5,16H2,(H,17,20)(H,18,24)(H,19,23)(H,21,22)(H,25,26)(H,27,28)/t6-,7-,8-,9-/m0/s1. The maximum atomic E-state index is 12.3. The Kier molecular flexibility index (Phi) is 12.5. The number of aliphatic carboxylic acids is 3.